The molecule has 1 aromatic carbocycles. The van der Waals surface area contributed by atoms with Crippen molar-refractivity contribution in [2.45, 2.75) is 51.9 Å². The van der Waals surface area contributed by atoms with E-state index in [0.717, 1.165) is 46.3 Å². The fraction of sp³-hybridized carbons (Fsp3) is 0.391. The molecule has 1 aliphatic heterocycles. The Balaban J connectivity index is 1.48. The fourth-order valence-electron chi connectivity index (χ4n) is 4.52. The molecule has 7 heteroatoms. The fourth-order valence-corrected chi connectivity index (χ4v) is 5.43. The molecule has 154 valence electrons. The van der Waals surface area contributed by atoms with Gasteiger partial charge in [0.1, 0.15) is 10.8 Å². The van der Waals surface area contributed by atoms with Crippen LogP contribution in [-0.2, 0) is 6.42 Å². The first kappa shape index (κ1) is 19.2. The van der Waals surface area contributed by atoms with Gasteiger partial charge in [0.05, 0.1) is 11.3 Å². The maximum atomic E-state index is 12.8. The quantitative estimate of drug-likeness (QED) is 0.652. The zero-order valence-corrected chi connectivity index (χ0v) is 17.9. The molecule has 0 atom stereocenters. The van der Waals surface area contributed by atoms with Crippen molar-refractivity contribution in [3.05, 3.63) is 50.8 Å². The Kier molecular flexibility index (Phi) is 4.98. The summed E-state index contributed by atoms with van der Waals surface area (Å²) in [6, 6.07) is 7.90. The molecule has 1 saturated carbocycles. The van der Waals surface area contributed by atoms with Crippen LogP contribution in [0.15, 0.2) is 34.1 Å². The second kappa shape index (κ2) is 7.80. The smallest absolute Gasteiger partial charge is 0.283 e. The van der Waals surface area contributed by atoms with Crippen molar-refractivity contribution < 1.29 is 0 Å². The lowest BCUT2D eigenvalue weighted by atomic mass is 9.86. The number of hydrogen-bond donors (Lipinski definition) is 1. The number of aromatic nitrogens is 3. The third-order valence-electron chi connectivity index (χ3n) is 6.19. The van der Waals surface area contributed by atoms with Crippen molar-refractivity contribution >= 4 is 45.2 Å². The number of nitrogens with zero attached hydrogens (tertiary/aromatic N) is 4. The maximum Gasteiger partial charge on any atom is 0.283 e. The summed E-state index contributed by atoms with van der Waals surface area (Å²) in [5.41, 5.74) is 10.1. The van der Waals surface area contributed by atoms with Gasteiger partial charge in [-0.15, -0.1) is 0 Å². The van der Waals surface area contributed by atoms with Gasteiger partial charge in [-0.1, -0.05) is 61.6 Å². The van der Waals surface area contributed by atoms with Crippen LogP contribution in [0.2, 0.25) is 0 Å². The number of hydrogen-bond acceptors (Lipinski definition) is 6. The molecular weight excluding hydrogens is 394 g/mol. The predicted octanol–water partition coefficient (Wildman–Crippen LogP) is 4.89. The Morgan fingerprint density at radius 1 is 1.23 bits per heavy atom. The Morgan fingerprint density at radius 3 is 2.87 bits per heavy atom. The van der Waals surface area contributed by atoms with Gasteiger partial charge in [-0.2, -0.15) is 14.6 Å². The van der Waals surface area contributed by atoms with Crippen molar-refractivity contribution in [2.75, 3.05) is 5.73 Å². The molecule has 2 aliphatic rings. The highest BCUT2D eigenvalue weighted by Gasteiger charge is 2.20. The van der Waals surface area contributed by atoms with E-state index in [2.05, 4.69) is 15.1 Å². The van der Waals surface area contributed by atoms with Crippen LogP contribution in [0.4, 0.5) is 11.5 Å². The van der Waals surface area contributed by atoms with Crippen LogP contribution >= 0.6 is 11.3 Å². The highest BCUT2D eigenvalue weighted by molar-refractivity contribution is 7.16. The Hall–Kier alpha value is -2.80. The first-order valence-corrected chi connectivity index (χ1v) is 11.5. The van der Waals surface area contributed by atoms with E-state index in [4.69, 9.17) is 5.73 Å². The van der Waals surface area contributed by atoms with Gasteiger partial charge in [-0.3, -0.25) is 9.79 Å². The zero-order valence-electron chi connectivity index (χ0n) is 17.1. The molecule has 0 amide bonds. The standard InChI is InChI=1S/C23H25N5OS/c1-14-17(16-9-5-6-10-19(16)25-14)13-18-21(24)28-23(26-22(18)29)30-20(27-28)12-11-15-7-3-2-4-8-15/h5-6,9-10,13,15H,2-4,7-8,11-12,24H2,1H3/b17-13-. The minimum atomic E-state index is -0.320. The number of nitrogens with two attached hydrogens (primary N) is 1. The number of fused-ring (bicyclic) bond motifs is 2. The van der Waals surface area contributed by atoms with Gasteiger partial charge in [0, 0.05) is 23.3 Å². The van der Waals surface area contributed by atoms with E-state index in [1.54, 1.807) is 4.52 Å². The number of aryl methyl sites for hydroxylation is 1. The maximum absolute atomic E-state index is 12.8. The molecule has 1 fully saturated rings. The van der Waals surface area contributed by atoms with E-state index >= 15 is 0 Å². The molecule has 3 aromatic rings. The van der Waals surface area contributed by atoms with Gasteiger partial charge in [-0.25, -0.2) is 0 Å². The molecular formula is C23H25N5OS. The molecule has 30 heavy (non-hydrogen) atoms. The summed E-state index contributed by atoms with van der Waals surface area (Å²) in [5, 5.41) is 5.68. The van der Waals surface area contributed by atoms with Gasteiger partial charge < -0.3 is 5.73 Å². The van der Waals surface area contributed by atoms with Gasteiger partial charge >= 0.3 is 0 Å². The summed E-state index contributed by atoms with van der Waals surface area (Å²) in [4.78, 5) is 22.2. The van der Waals surface area contributed by atoms with Crippen LogP contribution in [0.1, 0.15) is 61.6 Å². The third kappa shape index (κ3) is 3.47. The first-order chi connectivity index (χ1) is 14.6. The third-order valence-corrected chi connectivity index (χ3v) is 7.15. The van der Waals surface area contributed by atoms with E-state index < -0.39 is 0 Å². The average Bonchev–Trinajstić information content (AvgIpc) is 3.30. The average molecular weight is 420 g/mol. The SMILES string of the molecule is CC1=Nc2ccccc2/C1=C\c1c(N)n2nc(CCC3CCCCC3)sc2nc1=O. The van der Waals surface area contributed by atoms with Crippen molar-refractivity contribution in [2.24, 2.45) is 10.9 Å². The molecule has 6 nitrogen and oxygen atoms in total. The molecule has 0 spiro atoms. The monoisotopic (exact) mass is 419 g/mol. The van der Waals surface area contributed by atoms with Crippen molar-refractivity contribution in [1.82, 2.24) is 14.6 Å². The number of rotatable bonds is 4. The predicted molar refractivity (Wildman–Crippen MR) is 124 cm³/mol. The van der Waals surface area contributed by atoms with Crippen molar-refractivity contribution in [1.29, 1.82) is 0 Å². The molecule has 0 bridgehead atoms. The minimum absolute atomic E-state index is 0.320. The molecule has 3 heterocycles. The van der Waals surface area contributed by atoms with Gasteiger partial charge in [0.15, 0.2) is 0 Å². The largest absolute Gasteiger partial charge is 0.383 e. The lowest BCUT2D eigenvalue weighted by molar-refractivity contribution is 0.339. The summed E-state index contributed by atoms with van der Waals surface area (Å²) in [6.45, 7) is 1.94. The number of nitrogen functional groups attached to an aromatic ring is 1. The number of aliphatic imine (C=N–C) groups is 1. The first-order valence-electron chi connectivity index (χ1n) is 10.6. The minimum Gasteiger partial charge on any atom is -0.383 e. The van der Waals surface area contributed by atoms with Crippen LogP contribution in [0, 0.1) is 5.92 Å². The normalized spacial score (nSPS) is 18.2. The summed E-state index contributed by atoms with van der Waals surface area (Å²) in [6.07, 6.45) is 10.6. The number of para-hydroxylation sites is 1. The second-order valence-corrected chi connectivity index (χ2v) is 9.26. The van der Waals surface area contributed by atoms with E-state index in [0.29, 0.717) is 16.3 Å². The van der Waals surface area contributed by atoms with Crippen LogP contribution in [-0.4, -0.2) is 20.3 Å². The highest BCUT2D eigenvalue weighted by Crippen LogP contribution is 2.36. The molecule has 0 unspecified atom stereocenters. The van der Waals surface area contributed by atoms with Crippen molar-refractivity contribution in [3.63, 3.8) is 0 Å². The molecule has 2 aromatic heterocycles. The van der Waals surface area contributed by atoms with E-state index in [1.807, 2.05) is 37.3 Å². The number of allylic oxidation sites excluding steroid dienone is 1. The van der Waals surface area contributed by atoms with E-state index in [9.17, 15) is 4.79 Å². The zero-order chi connectivity index (χ0) is 20.7. The molecule has 2 N–H and O–H groups in total. The lowest BCUT2D eigenvalue weighted by Gasteiger charge is -2.20. The lowest BCUT2D eigenvalue weighted by Crippen LogP contribution is -2.17. The van der Waals surface area contributed by atoms with Crippen LogP contribution in [0.5, 0.6) is 0 Å². The summed E-state index contributed by atoms with van der Waals surface area (Å²) in [7, 11) is 0. The Labute approximate surface area is 179 Å². The van der Waals surface area contributed by atoms with Gasteiger partial charge in [-0.05, 0) is 31.4 Å². The van der Waals surface area contributed by atoms with Crippen LogP contribution in [0.3, 0.4) is 0 Å². The Morgan fingerprint density at radius 2 is 2.03 bits per heavy atom. The van der Waals surface area contributed by atoms with Crippen LogP contribution in [0.25, 0.3) is 16.6 Å². The van der Waals surface area contributed by atoms with Crippen molar-refractivity contribution in [3.8, 4) is 0 Å². The summed E-state index contributed by atoms with van der Waals surface area (Å²) in [5.74, 6) is 1.14. The summed E-state index contributed by atoms with van der Waals surface area (Å²) < 4.78 is 1.63. The Bertz CT molecular complexity index is 1230. The van der Waals surface area contributed by atoms with E-state index in [1.165, 1.54) is 43.4 Å². The number of benzene rings is 1. The van der Waals surface area contributed by atoms with Gasteiger partial charge in [0.2, 0.25) is 4.96 Å². The molecule has 5 rings (SSSR count). The number of anilines is 1. The molecule has 1 aliphatic carbocycles. The molecule has 0 radical (unpaired) electrons. The molecule has 0 saturated heterocycles. The van der Waals surface area contributed by atoms with Gasteiger partial charge in [0.25, 0.3) is 5.56 Å². The van der Waals surface area contributed by atoms with Crippen LogP contribution < -0.4 is 11.3 Å². The van der Waals surface area contributed by atoms with E-state index in [-0.39, 0.29) is 5.56 Å². The second-order valence-electron chi connectivity index (χ2n) is 8.22. The summed E-state index contributed by atoms with van der Waals surface area (Å²) >= 11 is 1.47. The topological polar surface area (TPSA) is 85.6 Å². The highest BCUT2D eigenvalue weighted by atomic mass is 32.1.